The Hall–Kier alpha value is -2.19. The van der Waals surface area contributed by atoms with E-state index in [9.17, 15) is 0 Å². The van der Waals surface area contributed by atoms with Gasteiger partial charge in [0.1, 0.15) is 11.4 Å². The SMILES string of the molecule is C[C@@H](Sc1ncnc2ccsc12)c1nc(-c2ccco2)no1. The Labute approximate surface area is 133 Å². The second-order valence-electron chi connectivity index (χ2n) is 4.51. The second kappa shape index (κ2) is 5.54. The summed E-state index contributed by atoms with van der Waals surface area (Å²) in [5.41, 5.74) is 0.955. The third-order valence-electron chi connectivity index (χ3n) is 3.03. The molecule has 0 spiro atoms. The van der Waals surface area contributed by atoms with E-state index < -0.39 is 0 Å². The summed E-state index contributed by atoms with van der Waals surface area (Å²) in [6.45, 7) is 2.01. The highest BCUT2D eigenvalue weighted by Gasteiger charge is 2.19. The fraction of sp³-hybridized carbons (Fsp3) is 0.143. The van der Waals surface area contributed by atoms with Gasteiger partial charge in [-0.3, -0.25) is 0 Å². The van der Waals surface area contributed by atoms with Crippen molar-refractivity contribution in [3.8, 4) is 11.6 Å². The lowest BCUT2D eigenvalue weighted by atomic mass is 10.4. The average molecular weight is 330 g/mol. The van der Waals surface area contributed by atoms with Crippen LogP contribution in [0.2, 0.25) is 0 Å². The molecular formula is C14H10N4O2S2. The zero-order valence-corrected chi connectivity index (χ0v) is 13.1. The predicted molar refractivity (Wildman–Crippen MR) is 83.7 cm³/mol. The van der Waals surface area contributed by atoms with Gasteiger partial charge < -0.3 is 8.94 Å². The van der Waals surface area contributed by atoms with Gasteiger partial charge in [-0.05, 0) is 30.5 Å². The van der Waals surface area contributed by atoms with Crippen LogP contribution in [-0.2, 0) is 0 Å². The standard InChI is InChI=1S/C14H10N4O2S2/c1-8(13-17-12(18-20-13)10-3-2-5-19-10)22-14-11-9(4-6-21-11)15-7-16-14/h2-8H,1H3/t8-/m1/s1. The van der Waals surface area contributed by atoms with E-state index in [1.54, 1.807) is 47.8 Å². The number of furan rings is 1. The molecule has 0 N–H and O–H groups in total. The van der Waals surface area contributed by atoms with Crippen LogP contribution in [0.1, 0.15) is 18.1 Å². The first-order valence-electron chi connectivity index (χ1n) is 6.53. The maximum Gasteiger partial charge on any atom is 0.240 e. The van der Waals surface area contributed by atoms with Crippen LogP contribution in [-0.4, -0.2) is 20.1 Å². The third-order valence-corrected chi connectivity index (χ3v) is 5.16. The Bertz CT molecular complexity index is 901. The lowest BCUT2D eigenvalue weighted by Gasteiger charge is -2.05. The minimum Gasteiger partial charge on any atom is -0.461 e. The molecule has 0 saturated heterocycles. The van der Waals surface area contributed by atoms with E-state index in [0.717, 1.165) is 15.2 Å². The zero-order valence-electron chi connectivity index (χ0n) is 11.5. The minimum atomic E-state index is -0.0172. The molecule has 0 bridgehead atoms. The van der Waals surface area contributed by atoms with Gasteiger partial charge in [0, 0.05) is 0 Å². The van der Waals surface area contributed by atoms with E-state index in [1.165, 1.54) is 0 Å². The average Bonchev–Trinajstić information content (AvgIpc) is 3.27. The molecule has 4 heterocycles. The first kappa shape index (κ1) is 13.5. The molecule has 22 heavy (non-hydrogen) atoms. The van der Waals surface area contributed by atoms with E-state index in [1.807, 2.05) is 18.4 Å². The molecule has 0 aliphatic carbocycles. The molecule has 1 atom stereocenters. The summed E-state index contributed by atoms with van der Waals surface area (Å²) in [4.78, 5) is 13.0. The number of fused-ring (bicyclic) bond motifs is 1. The quantitative estimate of drug-likeness (QED) is 0.410. The normalized spacial score (nSPS) is 12.8. The van der Waals surface area contributed by atoms with Gasteiger partial charge in [0.15, 0.2) is 5.76 Å². The first-order valence-corrected chi connectivity index (χ1v) is 8.29. The van der Waals surface area contributed by atoms with Crippen molar-refractivity contribution in [3.05, 3.63) is 42.1 Å². The van der Waals surface area contributed by atoms with Crippen LogP contribution in [0, 0.1) is 0 Å². The summed E-state index contributed by atoms with van der Waals surface area (Å²) in [5, 5.41) is 6.86. The molecule has 4 rings (SSSR count). The van der Waals surface area contributed by atoms with Crippen molar-refractivity contribution >= 4 is 33.3 Å². The molecule has 0 amide bonds. The Balaban J connectivity index is 1.60. The number of nitrogens with zero attached hydrogens (tertiary/aromatic N) is 4. The van der Waals surface area contributed by atoms with Crippen molar-refractivity contribution in [2.75, 3.05) is 0 Å². The molecule has 0 unspecified atom stereocenters. The molecule has 0 radical (unpaired) electrons. The largest absolute Gasteiger partial charge is 0.461 e. The fourth-order valence-corrected chi connectivity index (χ4v) is 3.84. The second-order valence-corrected chi connectivity index (χ2v) is 6.75. The van der Waals surface area contributed by atoms with Crippen LogP contribution >= 0.6 is 23.1 Å². The zero-order chi connectivity index (χ0) is 14.9. The number of aromatic nitrogens is 4. The van der Waals surface area contributed by atoms with Crippen LogP contribution in [0.4, 0.5) is 0 Å². The van der Waals surface area contributed by atoms with Crippen molar-refractivity contribution in [1.29, 1.82) is 0 Å². The van der Waals surface area contributed by atoms with Crippen molar-refractivity contribution in [3.63, 3.8) is 0 Å². The third kappa shape index (κ3) is 2.40. The van der Waals surface area contributed by atoms with E-state index in [0.29, 0.717) is 17.5 Å². The molecule has 110 valence electrons. The lowest BCUT2D eigenvalue weighted by Crippen LogP contribution is -1.91. The van der Waals surface area contributed by atoms with Gasteiger partial charge in [0.05, 0.1) is 21.7 Å². The van der Waals surface area contributed by atoms with Crippen molar-refractivity contribution < 1.29 is 8.94 Å². The Kier molecular flexibility index (Phi) is 3.39. The summed E-state index contributed by atoms with van der Waals surface area (Å²) >= 11 is 3.20. The van der Waals surface area contributed by atoms with Gasteiger partial charge in [0.2, 0.25) is 11.7 Å². The van der Waals surface area contributed by atoms with Crippen LogP contribution in [0.5, 0.6) is 0 Å². The monoisotopic (exact) mass is 330 g/mol. The molecule has 0 saturated carbocycles. The van der Waals surface area contributed by atoms with Crippen molar-refractivity contribution in [1.82, 2.24) is 20.1 Å². The highest BCUT2D eigenvalue weighted by molar-refractivity contribution is 7.99. The molecule has 6 nitrogen and oxygen atoms in total. The van der Waals surface area contributed by atoms with Crippen molar-refractivity contribution in [2.45, 2.75) is 17.2 Å². The van der Waals surface area contributed by atoms with Gasteiger partial charge in [-0.25, -0.2) is 9.97 Å². The van der Waals surface area contributed by atoms with E-state index in [-0.39, 0.29) is 5.25 Å². The van der Waals surface area contributed by atoms with E-state index in [2.05, 4.69) is 20.1 Å². The summed E-state index contributed by atoms with van der Waals surface area (Å²) in [7, 11) is 0. The van der Waals surface area contributed by atoms with Gasteiger partial charge in [0.25, 0.3) is 0 Å². The summed E-state index contributed by atoms with van der Waals surface area (Å²) in [6, 6.07) is 5.57. The van der Waals surface area contributed by atoms with Gasteiger partial charge in [-0.2, -0.15) is 4.98 Å². The van der Waals surface area contributed by atoms with Gasteiger partial charge in [-0.1, -0.05) is 16.9 Å². The van der Waals surface area contributed by atoms with Crippen LogP contribution in [0.15, 0.2) is 50.1 Å². The smallest absolute Gasteiger partial charge is 0.240 e. The topological polar surface area (TPSA) is 77.8 Å². The number of thioether (sulfide) groups is 1. The molecule has 0 aliphatic rings. The fourth-order valence-electron chi connectivity index (χ4n) is 1.97. The molecule has 8 heteroatoms. The molecule has 4 aromatic heterocycles. The molecule has 0 aromatic carbocycles. The van der Waals surface area contributed by atoms with E-state index >= 15 is 0 Å². The highest BCUT2D eigenvalue weighted by Crippen LogP contribution is 2.38. The van der Waals surface area contributed by atoms with E-state index in [4.69, 9.17) is 8.94 Å². The lowest BCUT2D eigenvalue weighted by molar-refractivity contribution is 0.379. The number of rotatable bonds is 4. The predicted octanol–water partition coefficient (Wildman–Crippen LogP) is 4.19. The summed E-state index contributed by atoms with van der Waals surface area (Å²) in [6.07, 6.45) is 3.16. The van der Waals surface area contributed by atoms with Gasteiger partial charge in [-0.15, -0.1) is 11.3 Å². The number of hydrogen-bond acceptors (Lipinski definition) is 8. The highest BCUT2D eigenvalue weighted by atomic mass is 32.2. The van der Waals surface area contributed by atoms with Crippen molar-refractivity contribution in [2.24, 2.45) is 0 Å². The minimum absolute atomic E-state index is 0.0172. The molecule has 4 aromatic rings. The maximum absolute atomic E-state index is 5.33. The maximum atomic E-state index is 5.33. The van der Waals surface area contributed by atoms with Gasteiger partial charge >= 0.3 is 0 Å². The van der Waals surface area contributed by atoms with Crippen LogP contribution < -0.4 is 0 Å². The Morgan fingerprint density at radius 2 is 2.23 bits per heavy atom. The summed E-state index contributed by atoms with van der Waals surface area (Å²) in [5.74, 6) is 1.59. The number of thiophene rings is 1. The Morgan fingerprint density at radius 1 is 1.27 bits per heavy atom. The Morgan fingerprint density at radius 3 is 3.09 bits per heavy atom. The number of hydrogen-bond donors (Lipinski definition) is 0. The summed E-state index contributed by atoms with van der Waals surface area (Å²) < 4.78 is 11.7. The van der Waals surface area contributed by atoms with Crippen LogP contribution in [0.3, 0.4) is 0 Å². The molecule has 0 aliphatic heterocycles. The first-order chi connectivity index (χ1) is 10.8. The van der Waals surface area contributed by atoms with Crippen LogP contribution in [0.25, 0.3) is 21.8 Å². The molecular weight excluding hydrogens is 320 g/mol. The molecule has 0 fully saturated rings.